The van der Waals surface area contributed by atoms with Crippen LogP contribution in [0.15, 0.2) is 97.1 Å². The topological polar surface area (TPSA) is 210 Å². The van der Waals surface area contributed by atoms with Crippen LogP contribution in [0.2, 0.25) is 0 Å². The Kier molecular flexibility index (Phi) is 13.5. The summed E-state index contributed by atoms with van der Waals surface area (Å²) in [7, 11) is 0. The molecule has 4 aromatic rings. The summed E-state index contributed by atoms with van der Waals surface area (Å²) in [6, 6.07) is 26.9. The van der Waals surface area contributed by atoms with Gasteiger partial charge < -0.3 is 41.5 Å². The molecular weight excluding hydrogens is 516 g/mol. The second-order valence-corrected chi connectivity index (χ2v) is 8.25. The Morgan fingerprint density at radius 2 is 0.825 bits per heavy atom. The summed E-state index contributed by atoms with van der Waals surface area (Å²) in [6.07, 6.45) is 0. The molecule has 0 heterocycles. The molecule has 0 saturated carbocycles. The van der Waals surface area contributed by atoms with E-state index in [1.807, 2.05) is 24.3 Å². The van der Waals surface area contributed by atoms with Crippen LogP contribution in [-0.4, -0.2) is 34.1 Å². The number of quaternary nitrogens is 2. The molecule has 0 radical (unpaired) electrons. The van der Waals surface area contributed by atoms with E-state index < -0.39 is 23.9 Å². The summed E-state index contributed by atoms with van der Waals surface area (Å²) < 4.78 is 0. The van der Waals surface area contributed by atoms with Crippen molar-refractivity contribution >= 4 is 35.3 Å². The van der Waals surface area contributed by atoms with Crippen LogP contribution in [-0.2, 0) is 0 Å². The van der Waals surface area contributed by atoms with Gasteiger partial charge in [0.1, 0.15) is 11.4 Å². The number of carboxylic acids is 4. The predicted molar refractivity (Wildman–Crippen MR) is 143 cm³/mol. The number of carbonyl (C=O) groups is 4. The average molecular weight is 547 g/mol. The molecule has 0 aliphatic rings. The lowest BCUT2D eigenvalue weighted by Gasteiger charge is -2.04. The van der Waals surface area contributed by atoms with Gasteiger partial charge in [0.2, 0.25) is 0 Å². The summed E-state index contributed by atoms with van der Waals surface area (Å²) >= 11 is 0. The maximum absolute atomic E-state index is 10.4. The molecule has 0 aliphatic carbocycles. The Morgan fingerprint density at radius 3 is 1.00 bits per heavy atom. The summed E-state index contributed by atoms with van der Waals surface area (Å²) in [6.45, 7) is 4.13. The molecule has 8 N–H and O–H groups in total. The molecule has 0 unspecified atom stereocenters. The van der Waals surface area contributed by atoms with Crippen molar-refractivity contribution in [1.29, 1.82) is 0 Å². The van der Waals surface area contributed by atoms with E-state index in [0.717, 1.165) is 11.4 Å². The fourth-order valence-electron chi connectivity index (χ4n) is 3.12. The van der Waals surface area contributed by atoms with Crippen molar-refractivity contribution in [1.82, 2.24) is 0 Å². The van der Waals surface area contributed by atoms with Crippen LogP contribution < -0.4 is 21.7 Å². The van der Waals surface area contributed by atoms with Gasteiger partial charge in [-0.2, -0.15) is 0 Å². The molecule has 10 heteroatoms. The lowest BCUT2D eigenvalue weighted by Crippen LogP contribution is -2.40. The van der Waals surface area contributed by atoms with E-state index in [-0.39, 0.29) is 22.3 Å². The van der Waals surface area contributed by atoms with Crippen molar-refractivity contribution in [2.24, 2.45) is 0 Å². The molecule has 0 spiro atoms. The minimum atomic E-state index is -1.48. The van der Waals surface area contributed by atoms with Crippen molar-refractivity contribution in [3.8, 4) is 0 Å². The summed E-state index contributed by atoms with van der Waals surface area (Å²) in [5.74, 6) is -5.49. The number of aromatic carboxylic acids is 4. The third kappa shape index (κ3) is 11.8. The van der Waals surface area contributed by atoms with Crippen LogP contribution in [0.3, 0.4) is 0 Å². The van der Waals surface area contributed by atoms with E-state index in [1.165, 1.54) is 59.7 Å². The summed E-state index contributed by atoms with van der Waals surface area (Å²) in [5.41, 5.74) is 11.2. The van der Waals surface area contributed by atoms with Gasteiger partial charge in [-0.1, -0.05) is 60.7 Å². The van der Waals surface area contributed by atoms with E-state index in [0.29, 0.717) is 0 Å². The van der Waals surface area contributed by atoms with Gasteiger partial charge in [0, 0.05) is 23.3 Å². The molecule has 4 rings (SSSR count). The van der Waals surface area contributed by atoms with Crippen LogP contribution >= 0.6 is 0 Å². The highest BCUT2D eigenvalue weighted by molar-refractivity contribution is 6.01. The highest BCUT2D eigenvalue weighted by Gasteiger charge is 2.09. The smallest absolute Gasteiger partial charge is 0.336 e. The van der Waals surface area contributed by atoms with Gasteiger partial charge in [-0.15, -0.1) is 0 Å². The molecular formula is C30H30N2O8. The van der Waals surface area contributed by atoms with Crippen molar-refractivity contribution in [3.63, 3.8) is 0 Å². The van der Waals surface area contributed by atoms with E-state index in [1.54, 1.807) is 0 Å². The van der Waals surface area contributed by atoms with Crippen LogP contribution in [0.4, 0.5) is 11.4 Å². The molecule has 0 saturated heterocycles. The molecule has 0 atom stereocenters. The number of rotatable bonds is 4. The second-order valence-electron chi connectivity index (χ2n) is 8.25. The molecule has 40 heavy (non-hydrogen) atoms. The second kappa shape index (κ2) is 16.5. The third-order valence-electron chi connectivity index (χ3n) is 4.92. The Labute approximate surface area is 230 Å². The number of benzene rings is 4. The molecule has 4 aromatic carbocycles. The molecule has 10 nitrogen and oxygen atoms in total. The summed E-state index contributed by atoms with van der Waals surface area (Å²) in [4.78, 5) is 41.6. The van der Waals surface area contributed by atoms with Gasteiger partial charge in [0.05, 0.1) is 23.1 Å². The maximum atomic E-state index is 10.4. The predicted octanol–water partition coefficient (Wildman–Crippen LogP) is 1.23. The molecule has 0 amide bonds. The first-order chi connectivity index (χ1) is 18.8. The minimum absolute atomic E-state index is 0.252. The maximum Gasteiger partial charge on any atom is 0.336 e. The highest BCUT2D eigenvalue weighted by Crippen LogP contribution is 2.08. The van der Waals surface area contributed by atoms with E-state index in [4.69, 9.17) is 10.2 Å². The largest absolute Gasteiger partial charge is 0.545 e. The Bertz CT molecular complexity index is 1260. The van der Waals surface area contributed by atoms with Crippen LogP contribution in [0.5, 0.6) is 0 Å². The molecule has 0 aromatic heterocycles. The van der Waals surface area contributed by atoms with Gasteiger partial charge in [0.25, 0.3) is 0 Å². The third-order valence-corrected chi connectivity index (χ3v) is 4.92. The lowest BCUT2D eigenvalue weighted by atomic mass is 10.1. The zero-order valence-corrected chi connectivity index (χ0v) is 22.0. The number of hydrogen-bond donors (Lipinski definition) is 4. The normalized spacial score (nSPS) is 9.30. The van der Waals surface area contributed by atoms with Gasteiger partial charge in [-0.05, 0) is 49.2 Å². The summed E-state index contributed by atoms with van der Waals surface area (Å²) in [5, 5.41) is 37.8. The molecule has 0 bridgehead atoms. The van der Waals surface area contributed by atoms with Crippen molar-refractivity contribution in [2.45, 2.75) is 13.8 Å². The van der Waals surface area contributed by atoms with Gasteiger partial charge >= 0.3 is 11.9 Å². The highest BCUT2D eigenvalue weighted by atomic mass is 16.4. The first-order valence-electron chi connectivity index (χ1n) is 11.7. The van der Waals surface area contributed by atoms with Gasteiger partial charge in [-0.25, -0.2) is 9.59 Å². The lowest BCUT2D eigenvalue weighted by molar-refractivity contribution is -0.256. The van der Waals surface area contributed by atoms with E-state index in [2.05, 4.69) is 49.6 Å². The molecule has 208 valence electrons. The standard InChI is InChI=1S/2C8H6O4.2C7H9N/c2*9-7(10)5-3-1-2-4-6(5)8(11)12;2*1-6-3-2-4-7(8)5-6/h2*1-4H,(H,9,10)(H,11,12);2*2-5H,8H2,1H3. The van der Waals surface area contributed by atoms with Gasteiger partial charge in [-0.3, -0.25) is 0 Å². The number of carbonyl (C=O) groups excluding carboxylic acids is 2. The number of carboxylic acid groups (broad SMARTS) is 4. The first-order valence-corrected chi connectivity index (χ1v) is 11.7. The average Bonchev–Trinajstić information content (AvgIpc) is 2.89. The van der Waals surface area contributed by atoms with Crippen LogP contribution in [0.1, 0.15) is 52.6 Å². The van der Waals surface area contributed by atoms with E-state index in [9.17, 15) is 29.4 Å². The fraction of sp³-hybridized carbons (Fsp3) is 0.0667. The number of hydrogen-bond acceptors (Lipinski definition) is 6. The quantitative estimate of drug-likeness (QED) is 0.292. The van der Waals surface area contributed by atoms with Crippen LogP contribution in [0, 0.1) is 13.8 Å². The van der Waals surface area contributed by atoms with Crippen molar-refractivity contribution in [2.75, 3.05) is 0 Å². The van der Waals surface area contributed by atoms with Crippen molar-refractivity contribution in [3.05, 3.63) is 130 Å². The van der Waals surface area contributed by atoms with E-state index >= 15 is 0 Å². The van der Waals surface area contributed by atoms with Gasteiger partial charge in [0.15, 0.2) is 0 Å². The Balaban J connectivity index is 0.000000271. The van der Waals surface area contributed by atoms with Crippen molar-refractivity contribution < 1.29 is 51.1 Å². The first kappa shape index (κ1) is 32.7. The SMILES string of the molecule is Cc1cccc([NH3+])c1.Cc1cccc([NH3+])c1.O=C([O-])c1ccccc1C(=O)O.O=C([O-])c1ccccc1C(=O)O. The molecule has 0 aliphatic heterocycles. The fourth-order valence-corrected chi connectivity index (χ4v) is 3.12. The monoisotopic (exact) mass is 546 g/mol. The van der Waals surface area contributed by atoms with Crippen LogP contribution in [0.25, 0.3) is 0 Å². The number of aryl methyl sites for hydroxylation is 2. The zero-order chi connectivity index (χ0) is 30.2. The zero-order valence-electron chi connectivity index (χ0n) is 22.0. The minimum Gasteiger partial charge on any atom is -0.545 e. The molecule has 0 fully saturated rings. The Hall–Kier alpha value is -5.32. The Morgan fingerprint density at radius 1 is 0.525 bits per heavy atom.